The zero-order valence-corrected chi connectivity index (χ0v) is 21.3. The molecule has 1 aliphatic heterocycles. The Hall–Kier alpha value is -2.53. The van der Waals surface area contributed by atoms with Gasteiger partial charge in [0, 0.05) is 34.7 Å². The number of benzene rings is 2. The van der Waals surface area contributed by atoms with Crippen molar-refractivity contribution in [2.45, 2.75) is 30.7 Å². The van der Waals surface area contributed by atoms with Gasteiger partial charge in [-0.2, -0.15) is 0 Å². The van der Waals surface area contributed by atoms with Crippen LogP contribution in [0.15, 0.2) is 64.0 Å². The lowest BCUT2D eigenvalue weighted by atomic mass is 10.1. The molecule has 10 heteroatoms. The Balaban J connectivity index is 1.22. The second-order valence-corrected chi connectivity index (χ2v) is 11.0. The van der Waals surface area contributed by atoms with E-state index >= 15 is 0 Å². The highest BCUT2D eigenvalue weighted by molar-refractivity contribution is 9.10. The number of fused-ring (bicyclic) bond motifs is 1. The van der Waals surface area contributed by atoms with Crippen LogP contribution in [0.4, 0.5) is 10.5 Å². The molecule has 3 N–H and O–H groups in total. The third-order valence-corrected chi connectivity index (χ3v) is 7.83. The van der Waals surface area contributed by atoms with Crippen molar-refractivity contribution in [2.75, 3.05) is 31.5 Å². The molecule has 8 nitrogen and oxygen atoms in total. The number of hydrogen-bond donors (Lipinski definition) is 3. The molecule has 1 aromatic heterocycles. The van der Waals surface area contributed by atoms with E-state index in [4.69, 9.17) is 0 Å². The number of para-hydroxylation sites is 1. The first kappa shape index (κ1) is 24.6. The van der Waals surface area contributed by atoms with Crippen LogP contribution in [0.25, 0.3) is 10.9 Å². The van der Waals surface area contributed by atoms with Crippen molar-refractivity contribution >= 4 is 48.6 Å². The van der Waals surface area contributed by atoms with Crippen LogP contribution in [0.2, 0.25) is 0 Å². The van der Waals surface area contributed by atoms with Crippen LogP contribution in [-0.2, 0) is 10.0 Å². The van der Waals surface area contributed by atoms with E-state index in [0.29, 0.717) is 13.1 Å². The number of rotatable bonds is 7. The van der Waals surface area contributed by atoms with Crippen LogP contribution < -0.4 is 15.4 Å². The quantitative estimate of drug-likeness (QED) is 0.418. The fourth-order valence-corrected chi connectivity index (χ4v) is 6.00. The summed E-state index contributed by atoms with van der Waals surface area (Å²) in [7, 11) is -3.54. The normalized spacial score (nSPS) is 15.4. The second-order valence-electron chi connectivity index (χ2n) is 8.40. The summed E-state index contributed by atoms with van der Waals surface area (Å²) in [6, 6.07) is 15.9. The monoisotopic (exact) mass is 545 g/mol. The molecular weight excluding hydrogens is 518 g/mol. The molecule has 0 aliphatic carbocycles. The maximum atomic E-state index is 12.6. The van der Waals surface area contributed by atoms with Gasteiger partial charge in [-0.15, -0.1) is 0 Å². The number of aromatic nitrogens is 1. The lowest BCUT2D eigenvalue weighted by molar-refractivity contribution is 0.206. The minimum absolute atomic E-state index is 0.0975. The van der Waals surface area contributed by atoms with Gasteiger partial charge in [-0.25, -0.2) is 17.9 Å². The van der Waals surface area contributed by atoms with Crippen molar-refractivity contribution in [2.24, 2.45) is 0 Å². The summed E-state index contributed by atoms with van der Waals surface area (Å²) >= 11 is 3.32. The van der Waals surface area contributed by atoms with Gasteiger partial charge in [0.25, 0.3) is 0 Å². The number of sulfonamides is 1. The van der Waals surface area contributed by atoms with Gasteiger partial charge in [-0.1, -0.05) is 40.2 Å². The van der Waals surface area contributed by atoms with Gasteiger partial charge in [-0.05, 0) is 63.2 Å². The van der Waals surface area contributed by atoms with Crippen molar-refractivity contribution in [3.05, 3.63) is 64.8 Å². The van der Waals surface area contributed by atoms with E-state index in [1.165, 1.54) is 0 Å². The third-order valence-electron chi connectivity index (χ3n) is 5.82. The van der Waals surface area contributed by atoms with Crippen LogP contribution in [0.1, 0.15) is 18.5 Å². The Labute approximate surface area is 208 Å². The Bertz CT molecular complexity index is 1280. The number of nitrogens with one attached hydrogen (secondary N) is 3. The van der Waals surface area contributed by atoms with Gasteiger partial charge in [-0.3, -0.25) is 4.98 Å². The van der Waals surface area contributed by atoms with Crippen molar-refractivity contribution in [3.63, 3.8) is 0 Å². The molecule has 2 amide bonds. The molecule has 1 saturated heterocycles. The number of nitrogens with zero attached hydrogens (tertiary/aromatic N) is 2. The lowest BCUT2D eigenvalue weighted by Crippen LogP contribution is -2.46. The molecule has 2 aromatic carbocycles. The van der Waals surface area contributed by atoms with E-state index in [0.717, 1.165) is 52.7 Å². The number of anilines is 1. The number of halogens is 1. The maximum absolute atomic E-state index is 12.6. The van der Waals surface area contributed by atoms with Gasteiger partial charge in [0.15, 0.2) is 0 Å². The van der Waals surface area contributed by atoms with Crippen LogP contribution >= 0.6 is 15.9 Å². The van der Waals surface area contributed by atoms with E-state index < -0.39 is 10.0 Å². The van der Waals surface area contributed by atoms with Crippen molar-refractivity contribution in [1.29, 1.82) is 0 Å². The minimum atomic E-state index is -3.54. The molecule has 0 saturated carbocycles. The average Bonchev–Trinajstić information content (AvgIpc) is 2.80. The van der Waals surface area contributed by atoms with Crippen LogP contribution in [0.3, 0.4) is 0 Å². The van der Waals surface area contributed by atoms with E-state index in [1.54, 1.807) is 24.3 Å². The number of piperidine rings is 1. The molecule has 0 atom stereocenters. The number of pyridine rings is 1. The first-order valence-electron chi connectivity index (χ1n) is 11.2. The number of carbonyl (C=O) groups is 1. The average molecular weight is 546 g/mol. The molecular formula is C24H28BrN5O3S. The van der Waals surface area contributed by atoms with Crippen molar-refractivity contribution < 1.29 is 13.2 Å². The minimum Gasteiger partial charge on any atom is -0.337 e. The SMILES string of the molecule is Cc1cc(NC(=O)NCCN2CCC(NS(=O)(=O)c3cccc(Br)c3)CC2)c2ccccc2n1. The Morgan fingerprint density at radius 2 is 1.88 bits per heavy atom. The Kier molecular flexibility index (Phi) is 7.82. The maximum Gasteiger partial charge on any atom is 0.319 e. The summed E-state index contributed by atoms with van der Waals surface area (Å²) < 4.78 is 28.8. The molecule has 0 spiro atoms. The molecule has 34 heavy (non-hydrogen) atoms. The predicted molar refractivity (Wildman–Crippen MR) is 137 cm³/mol. The zero-order chi connectivity index (χ0) is 24.1. The number of carbonyl (C=O) groups excluding carboxylic acids is 1. The van der Waals surface area contributed by atoms with Crippen LogP contribution in [0.5, 0.6) is 0 Å². The number of likely N-dealkylation sites (tertiary alicyclic amines) is 1. The molecule has 0 bridgehead atoms. The zero-order valence-electron chi connectivity index (χ0n) is 18.9. The van der Waals surface area contributed by atoms with E-state index in [9.17, 15) is 13.2 Å². The third kappa shape index (κ3) is 6.32. The molecule has 1 fully saturated rings. The fraction of sp³-hybridized carbons (Fsp3) is 0.333. The smallest absolute Gasteiger partial charge is 0.319 e. The molecule has 180 valence electrons. The van der Waals surface area contributed by atoms with Crippen molar-refractivity contribution in [1.82, 2.24) is 19.9 Å². The van der Waals surface area contributed by atoms with Crippen molar-refractivity contribution in [3.8, 4) is 0 Å². The highest BCUT2D eigenvalue weighted by Gasteiger charge is 2.24. The number of aryl methyl sites for hydroxylation is 1. The number of amides is 2. The van der Waals surface area contributed by atoms with Crippen LogP contribution in [0, 0.1) is 6.92 Å². The number of urea groups is 1. The highest BCUT2D eigenvalue weighted by atomic mass is 79.9. The summed E-state index contributed by atoms with van der Waals surface area (Å²) in [5, 5.41) is 6.74. The molecule has 3 aromatic rings. The molecule has 2 heterocycles. The fourth-order valence-electron chi connectivity index (χ4n) is 4.10. The summed E-state index contributed by atoms with van der Waals surface area (Å²) in [5.41, 5.74) is 2.42. The Morgan fingerprint density at radius 1 is 1.12 bits per heavy atom. The first-order chi connectivity index (χ1) is 16.3. The van der Waals surface area contributed by atoms with E-state index in [2.05, 4.69) is 41.2 Å². The van der Waals surface area contributed by atoms with Gasteiger partial charge in [0.2, 0.25) is 10.0 Å². The second kappa shape index (κ2) is 10.8. The van der Waals surface area contributed by atoms with Gasteiger partial charge in [0.1, 0.15) is 0 Å². The summed E-state index contributed by atoms with van der Waals surface area (Å²) in [6.45, 7) is 4.64. The standard InChI is InChI=1S/C24H28BrN5O3S/c1-17-15-23(21-7-2-3-8-22(21)27-17)28-24(31)26-11-14-30-12-9-19(10-13-30)29-34(32,33)20-6-4-5-18(25)16-20/h2-8,15-16,19,29H,9-14H2,1H3,(H2,26,27,28,31). The largest absolute Gasteiger partial charge is 0.337 e. The lowest BCUT2D eigenvalue weighted by Gasteiger charge is -2.32. The Morgan fingerprint density at radius 3 is 2.65 bits per heavy atom. The highest BCUT2D eigenvalue weighted by Crippen LogP contribution is 2.23. The molecule has 0 radical (unpaired) electrons. The summed E-state index contributed by atoms with van der Waals surface area (Å²) in [5.74, 6) is 0. The van der Waals surface area contributed by atoms with Gasteiger partial charge >= 0.3 is 6.03 Å². The predicted octanol–water partition coefficient (Wildman–Crippen LogP) is 3.87. The van der Waals surface area contributed by atoms with Gasteiger partial charge < -0.3 is 15.5 Å². The molecule has 4 rings (SSSR count). The van der Waals surface area contributed by atoms with E-state index in [1.807, 2.05) is 37.3 Å². The molecule has 1 aliphatic rings. The number of hydrogen-bond acceptors (Lipinski definition) is 5. The topological polar surface area (TPSA) is 103 Å². The van der Waals surface area contributed by atoms with Crippen LogP contribution in [-0.4, -0.2) is 56.6 Å². The van der Waals surface area contributed by atoms with Gasteiger partial charge in [0.05, 0.1) is 16.1 Å². The molecule has 0 unspecified atom stereocenters. The summed E-state index contributed by atoms with van der Waals surface area (Å²) in [6.07, 6.45) is 1.45. The first-order valence-corrected chi connectivity index (χ1v) is 13.5. The summed E-state index contributed by atoms with van der Waals surface area (Å²) in [4.78, 5) is 19.4. The van der Waals surface area contributed by atoms with E-state index in [-0.39, 0.29) is 17.0 Å².